The van der Waals surface area contributed by atoms with Crippen LogP contribution in [0.25, 0.3) is 10.8 Å². The Bertz CT molecular complexity index is 546. The topological polar surface area (TPSA) is 12.5 Å². The van der Waals surface area contributed by atoms with Gasteiger partial charge in [0, 0.05) is 12.1 Å². The summed E-state index contributed by atoms with van der Waals surface area (Å²) in [5.41, 5.74) is 1.35. The van der Waals surface area contributed by atoms with Crippen molar-refractivity contribution in [3.05, 3.63) is 42.0 Å². The fraction of sp³-hybridized carbons (Fsp3) is 0.375. The van der Waals surface area contributed by atoms with Crippen LogP contribution < -0.4 is 4.74 Å². The predicted octanol–water partition coefficient (Wildman–Crippen LogP) is 3.10. The standard InChI is InChI=1S/C16H19NO/c1-18-16-8-7-13-5-2-3-6-14(13)15(16)9-12-17-10-4-11-17/h2-3,5-8H,4,9-12H2,1H3. The molecule has 1 heterocycles. The van der Waals surface area contributed by atoms with E-state index in [0.29, 0.717) is 0 Å². The van der Waals surface area contributed by atoms with E-state index in [4.69, 9.17) is 4.74 Å². The quantitative estimate of drug-likeness (QED) is 0.815. The molecule has 2 heteroatoms. The maximum absolute atomic E-state index is 5.52. The van der Waals surface area contributed by atoms with Crippen LogP contribution in [0, 0.1) is 0 Å². The van der Waals surface area contributed by atoms with E-state index in [2.05, 4.69) is 41.3 Å². The zero-order valence-corrected chi connectivity index (χ0v) is 10.9. The molecule has 0 atom stereocenters. The maximum atomic E-state index is 5.52. The summed E-state index contributed by atoms with van der Waals surface area (Å²) in [7, 11) is 1.76. The molecule has 0 bridgehead atoms. The highest BCUT2D eigenvalue weighted by atomic mass is 16.5. The van der Waals surface area contributed by atoms with E-state index in [1.807, 2.05) is 0 Å². The van der Waals surface area contributed by atoms with Gasteiger partial charge >= 0.3 is 0 Å². The van der Waals surface area contributed by atoms with Crippen molar-refractivity contribution in [3.63, 3.8) is 0 Å². The first kappa shape index (κ1) is 11.5. The Morgan fingerprint density at radius 2 is 1.94 bits per heavy atom. The van der Waals surface area contributed by atoms with Crippen LogP contribution in [-0.4, -0.2) is 31.6 Å². The van der Waals surface area contributed by atoms with E-state index < -0.39 is 0 Å². The molecule has 0 amide bonds. The third-order valence-electron chi connectivity index (χ3n) is 3.84. The van der Waals surface area contributed by atoms with Crippen LogP contribution in [-0.2, 0) is 6.42 Å². The Hall–Kier alpha value is -1.54. The molecule has 94 valence electrons. The first-order valence-electron chi connectivity index (χ1n) is 6.65. The van der Waals surface area contributed by atoms with Gasteiger partial charge in [-0.25, -0.2) is 0 Å². The van der Waals surface area contributed by atoms with Crippen molar-refractivity contribution in [3.8, 4) is 5.75 Å². The van der Waals surface area contributed by atoms with Crippen molar-refractivity contribution in [1.29, 1.82) is 0 Å². The fourth-order valence-electron chi connectivity index (χ4n) is 2.64. The van der Waals surface area contributed by atoms with E-state index in [1.54, 1.807) is 7.11 Å². The first-order chi connectivity index (χ1) is 8.88. The molecule has 1 aliphatic heterocycles. The summed E-state index contributed by atoms with van der Waals surface area (Å²) in [5, 5.41) is 2.63. The van der Waals surface area contributed by atoms with E-state index >= 15 is 0 Å². The zero-order valence-electron chi connectivity index (χ0n) is 10.9. The number of hydrogen-bond acceptors (Lipinski definition) is 2. The molecule has 1 saturated heterocycles. The molecule has 18 heavy (non-hydrogen) atoms. The van der Waals surface area contributed by atoms with Crippen molar-refractivity contribution in [2.24, 2.45) is 0 Å². The third-order valence-corrected chi connectivity index (χ3v) is 3.84. The lowest BCUT2D eigenvalue weighted by molar-refractivity contribution is 0.183. The SMILES string of the molecule is COc1ccc2ccccc2c1CCN1CCC1. The molecule has 2 nitrogen and oxygen atoms in total. The first-order valence-corrected chi connectivity index (χ1v) is 6.65. The van der Waals surface area contributed by atoms with Gasteiger partial charge in [-0.1, -0.05) is 30.3 Å². The lowest BCUT2D eigenvalue weighted by Crippen LogP contribution is -2.38. The number of nitrogens with zero attached hydrogens (tertiary/aromatic N) is 1. The van der Waals surface area contributed by atoms with E-state index in [9.17, 15) is 0 Å². The predicted molar refractivity (Wildman–Crippen MR) is 75.3 cm³/mol. The second-order valence-corrected chi connectivity index (χ2v) is 4.91. The molecule has 0 aliphatic carbocycles. The fourth-order valence-corrected chi connectivity index (χ4v) is 2.64. The summed E-state index contributed by atoms with van der Waals surface area (Å²) in [6.45, 7) is 3.66. The largest absolute Gasteiger partial charge is 0.496 e. The normalized spacial score (nSPS) is 15.6. The van der Waals surface area contributed by atoms with Gasteiger partial charge in [0.05, 0.1) is 7.11 Å². The van der Waals surface area contributed by atoms with Gasteiger partial charge in [0.1, 0.15) is 5.75 Å². The van der Waals surface area contributed by atoms with Gasteiger partial charge < -0.3 is 9.64 Å². The summed E-state index contributed by atoms with van der Waals surface area (Å²) in [6, 6.07) is 12.8. The molecule has 0 spiro atoms. The number of fused-ring (bicyclic) bond motifs is 1. The van der Waals surface area contributed by atoms with E-state index in [-0.39, 0.29) is 0 Å². The highest BCUT2D eigenvalue weighted by molar-refractivity contribution is 5.87. The van der Waals surface area contributed by atoms with Crippen LogP contribution in [0.1, 0.15) is 12.0 Å². The highest BCUT2D eigenvalue weighted by Gasteiger charge is 2.15. The average Bonchev–Trinajstić information content (AvgIpc) is 2.37. The van der Waals surface area contributed by atoms with E-state index in [1.165, 1.54) is 35.8 Å². The van der Waals surface area contributed by atoms with Crippen molar-refractivity contribution >= 4 is 10.8 Å². The molecular weight excluding hydrogens is 222 g/mol. The highest BCUT2D eigenvalue weighted by Crippen LogP contribution is 2.28. The minimum Gasteiger partial charge on any atom is -0.496 e. The number of rotatable bonds is 4. The van der Waals surface area contributed by atoms with Gasteiger partial charge in [-0.05, 0) is 42.8 Å². The average molecular weight is 241 g/mol. The molecule has 2 aromatic rings. The molecule has 1 fully saturated rings. The minimum atomic E-state index is 1.02. The second-order valence-electron chi connectivity index (χ2n) is 4.91. The van der Waals surface area contributed by atoms with Crippen LogP contribution >= 0.6 is 0 Å². The molecule has 3 rings (SSSR count). The summed E-state index contributed by atoms with van der Waals surface area (Å²) < 4.78 is 5.52. The lowest BCUT2D eigenvalue weighted by Gasteiger charge is -2.30. The molecule has 0 N–H and O–H groups in total. The maximum Gasteiger partial charge on any atom is 0.122 e. The number of likely N-dealkylation sites (tertiary alicyclic amines) is 1. The molecule has 2 aromatic carbocycles. The number of benzene rings is 2. The molecule has 0 saturated carbocycles. The summed E-state index contributed by atoms with van der Waals surface area (Å²) in [4.78, 5) is 2.50. The van der Waals surface area contributed by atoms with Crippen LogP contribution in [0.5, 0.6) is 5.75 Å². The smallest absolute Gasteiger partial charge is 0.122 e. The summed E-state index contributed by atoms with van der Waals surface area (Å²) in [6.07, 6.45) is 2.43. The van der Waals surface area contributed by atoms with Crippen molar-refractivity contribution in [1.82, 2.24) is 4.90 Å². The van der Waals surface area contributed by atoms with Gasteiger partial charge in [0.15, 0.2) is 0 Å². The Kier molecular flexibility index (Phi) is 3.20. The molecule has 0 unspecified atom stereocenters. The van der Waals surface area contributed by atoms with Gasteiger partial charge in [0.25, 0.3) is 0 Å². The number of hydrogen-bond donors (Lipinski definition) is 0. The Balaban J connectivity index is 1.94. The Labute approximate surface area is 108 Å². The van der Waals surface area contributed by atoms with Crippen LogP contribution in [0.4, 0.5) is 0 Å². The Morgan fingerprint density at radius 3 is 2.67 bits per heavy atom. The molecular formula is C16H19NO. The second kappa shape index (κ2) is 4.99. The van der Waals surface area contributed by atoms with Gasteiger partial charge in [-0.15, -0.1) is 0 Å². The van der Waals surface area contributed by atoms with Crippen molar-refractivity contribution in [2.45, 2.75) is 12.8 Å². The third kappa shape index (κ3) is 2.08. The molecule has 0 aromatic heterocycles. The molecule has 0 radical (unpaired) electrons. The monoisotopic (exact) mass is 241 g/mol. The number of methoxy groups -OCH3 is 1. The van der Waals surface area contributed by atoms with Crippen LogP contribution in [0.15, 0.2) is 36.4 Å². The summed E-state index contributed by atoms with van der Waals surface area (Å²) >= 11 is 0. The van der Waals surface area contributed by atoms with E-state index in [0.717, 1.165) is 18.7 Å². The van der Waals surface area contributed by atoms with Crippen molar-refractivity contribution < 1.29 is 4.74 Å². The molecule has 1 aliphatic rings. The van der Waals surface area contributed by atoms with Gasteiger partial charge in [0.2, 0.25) is 0 Å². The lowest BCUT2D eigenvalue weighted by atomic mass is 10.0. The number of ether oxygens (including phenoxy) is 1. The van der Waals surface area contributed by atoms with Gasteiger partial charge in [-0.3, -0.25) is 0 Å². The zero-order chi connectivity index (χ0) is 12.4. The van der Waals surface area contributed by atoms with Crippen LogP contribution in [0.2, 0.25) is 0 Å². The minimum absolute atomic E-state index is 1.02. The van der Waals surface area contributed by atoms with Crippen molar-refractivity contribution in [2.75, 3.05) is 26.7 Å². The Morgan fingerprint density at radius 1 is 1.11 bits per heavy atom. The van der Waals surface area contributed by atoms with Crippen LogP contribution in [0.3, 0.4) is 0 Å². The van der Waals surface area contributed by atoms with Gasteiger partial charge in [-0.2, -0.15) is 0 Å². The summed E-state index contributed by atoms with van der Waals surface area (Å²) in [5.74, 6) is 1.02.